The molecule has 3 rings (SSSR count). The van der Waals surface area contributed by atoms with E-state index in [4.69, 9.17) is 4.74 Å². The first-order valence-electron chi connectivity index (χ1n) is 9.03. The molecular formula is C22H25NO3. The fourth-order valence-corrected chi connectivity index (χ4v) is 2.85. The minimum Gasteiger partial charge on any atom is -0.444 e. The molecule has 0 aromatic heterocycles. The Bertz CT molecular complexity index is 802. The highest BCUT2D eigenvalue weighted by molar-refractivity contribution is 5.99. The molecule has 1 fully saturated rings. The topological polar surface area (TPSA) is 55.4 Å². The van der Waals surface area contributed by atoms with Crippen LogP contribution in [0.15, 0.2) is 48.5 Å². The van der Waals surface area contributed by atoms with Crippen molar-refractivity contribution in [2.75, 3.05) is 5.32 Å². The summed E-state index contributed by atoms with van der Waals surface area (Å²) in [6.45, 7) is 5.48. The van der Waals surface area contributed by atoms with Crippen molar-refractivity contribution in [1.29, 1.82) is 0 Å². The van der Waals surface area contributed by atoms with Crippen LogP contribution >= 0.6 is 0 Å². The van der Waals surface area contributed by atoms with Gasteiger partial charge in [-0.15, -0.1) is 0 Å². The Morgan fingerprint density at radius 2 is 1.77 bits per heavy atom. The number of carbonyl (C=O) groups is 2. The third-order valence-electron chi connectivity index (χ3n) is 4.27. The lowest BCUT2D eigenvalue weighted by molar-refractivity contribution is 0.0635. The van der Waals surface area contributed by atoms with E-state index in [2.05, 4.69) is 11.4 Å². The van der Waals surface area contributed by atoms with Gasteiger partial charge in [0.1, 0.15) is 5.60 Å². The maximum atomic E-state index is 12.6. The maximum Gasteiger partial charge on any atom is 0.412 e. The second-order valence-electron chi connectivity index (χ2n) is 7.78. The summed E-state index contributed by atoms with van der Waals surface area (Å²) >= 11 is 0. The third-order valence-corrected chi connectivity index (χ3v) is 4.27. The number of nitrogens with one attached hydrogen (secondary N) is 1. The number of rotatable bonds is 5. The van der Waals surface area contributed by atoms with Gasteiger partial charge in [0.25, 0.3) is 0 Å². The van der Waals surface area contributed by atoms with Crippen LogP contribution in [0.3, 0.4) is 0 Å². The smallest absolute Gasteiger partial charge is 0.412 e. The minimum absolute atomic E-state index is 0.0250. The van der Waals surface area contributed by atoms with E-state index < -0.39 is 11.7 Å². The van der Waals surface area contributed by atoms with Gasteiger partial charge in [0.15, 0.2) is 5.78 Å². The molecule has 2 aromatic carbocycles. The van der Waals surface area contributed by atoms with Crippen molar-refractivity contribution in [3.63, 3.8) is 0 Å². The summed E-state index contributed by atoms with van der Waals surface area (Å²) < 4.78 is 5.37. The number of carbonyl (C=O) groups excluding carboxylic acids is 2. The fourth-order valence-electron chi connectivity index (χ4n) is 2.85. The van der Waals surface area contributed by atoms with E-state index in [0.717, 1.165) is 5.56 Å². The molecule has 2 aromatic rings. The molecule has 0 aliphatic heterocycles. The molecule has 1 aliphatic rings. The molecule has 1 saturated carbocycles. The molecule has 136 valence electrons. The Morgan fingerprint density at radius 1 is 1.08 bits per heavy atom. The first kappa shape index (κ1) is 18.2. The molecule has 1 aliphatic carbocycles. The Morgan fingerprint density at radius 3 is 2.38 bits per heavy atom. The number of Topliss-reactive ketones (excluding diaryl/α,β-unsaturated/α-hetero) is 1. The van der Waals surface area contributed by atoms with E-state index in [9.17, 15) is 9.59 Å². The molecular weight excluding hydrogens is 326 g/mol. The Kier molecular flexibility index (Phi) is 5.12. The Balaban J connectivity index is 1.81. The summed E-state index contributed by atoms with van der Waals surface area (Å²) in [6.07, 6.45) is 2.08. The summed E-state index contributed by atoms with van der Waals surface area (Å²) in [5.41, 5.74) is 2.76. The molecule has 0 bridgehead atoms. The van der Waals surface area contributed by atoms with Crippen molar-refractivity contribution in [1.82, 2.24) is 0 Å². The van der Waals surface area contributed by atoms with Crippen LogP contribution in [-0.2, 0) is 11.2 Å². The normalized spacial score (nSPS) is 14.0. The molecule has 0 saturated heterocycles. The summed E-state index contributed by atoms with van der Waals surface area (Å²) in [5, 5.41) is 2.83. The van der Waals surface area contributed by atoms with Gasteiger partial charge in [-0.05, 0) is 56.7 Å². The number of hydrogen-bond acceptors (Lipinski definition) is 3. The lowest BCUT2D eigenvalue weighted by Crippen LogP contribution is -2.27. The third kappa shape index (κ3) is 4.94. The Labute approximate surface area is 154 Å². The molecule has 4 nitrogen and oxygen atoms in total. The van der Waals surface area contributed by atoms with Gasteiger partial charge in [0.2, 0.25) is 0 Å². The van der Waals surface area contributed by atoms with E-state index in [-0.39, 0.29) is 12.2 Å². The van der Waals surface area contributed by atoms with E-state index in [1.54, 1.807) is 0 Å². The van der Waals surface area contributed by atoms with Crippen molar-refractivity contribution < 1.29 is 14.3 Å². The van der Waals surface area contributed by atoms with Crippen LogP contribution in [-0.4, -0.2) is 17.5 Å². The highest BCUT2D eigenvalue weighted by Crippen LogP contribution is 2.41. The average molecular weight is 351 g/mol. The van der Waals surface area contributed by atoms with Gasteiger partial charge in [0.05, 0.1) is 0 Å². The van der Waals surface area contributed by atoms with Gasteiger partial charge in [-0.25, -0.2) is 4.79 Å². The van der Waals surface area contributed by atoms with Crippen LogP contribution in [0.1, 0.15) is 61.0 Å². The summed E-state index contributed by atoms with van der Waals surface area (Å²) in [7, 11) is 0. The second-order valence-corrected chi connectivity index (χ2v) is 7.78. The first-order chi connectivity index (χ1) is 12.3. The van der Waals surface area contributed by atoms with Gasteiger partial charge in [-0.3, -0.25) is 10.1 Å². The van der Waals surface area contributed by atoms with Crippen molar-refractivity contribution in [3.05, 3.63) is 65.2 Å². The molecule has 0 radical (unpaired) electrons. The number of anilines is 1. The first-order valence-corrected chi connectivity index (χ1v) is 9.03. The molecule has 0 spiro atoms. The molecule has 0 unspecified atom stereocenters. The van der Waals surface area contributed by atoms with E-state index >= 15 is 0 Å². The van der Waals surface area contributed by atoms with Gasteiger partial charge < -0.3 is 4.74 Å². The monoisotopic (exact) mass is 351 g/mol. The zero-order valence-corrected chi connectivity index (χ0v) is 15.5. The van der Waals surface area contributed by atoms with E-state index in [1.165, 1.54) is 18.4 Å². The summed E-state index contributed by atoms with van der Waals surface area (Å²) in [6, 6.07) is 15.2. The van der Waals surface area contributed by atoms with Crippen molar-refractivity contribution >= 4 is 17.6 Å². The summed E-state index contributed by atoms with van der Waals surface area (Å²) in [5.74, 6) is 0.588. The Hall–Kier alpha value is -2.62. The van der Waals surface area contributed by atoms with Crippen LogP contribution in [0.5, 0.6) is 0 Å². The van der Waals surface area contributed by atoms with Crippen LogP contribution in [0.25, 0.3) is 0 Å². The van der Waals surface area contributed by atoms with Crippen molar-refractivity contribution in [2.45, 2.75) is 51.6 Å². The molecule has 0 atom stereocenters. The maximum absolute atomic E-state index is 12.6. The van der Waals surface area contributed by atoms with Crippen LogP contribution in [0.2, 0.25) is 0 Å². The molecule has 4 heteroatoms. The molecule has 1 N–H and O–H groups in total. The number of amides is 1. The molecule has 1 amide bonds. The lowest BCUT2D eigenvalue weighted by atomic mass is 9.99. The van der Waals surface area contributed by atoms with E-state index in [1.807, 2.05) is 63.2 Å². The minimum atomic E-state index is -0.571. The highest BCUT2D eigenvalue weighted by Gasteiger charge is 2.25. The quantitative estimate of drug-likeness (QED) is 0.740. The predicted molar refractivity (Wildman–Crippen MR) is 103 cm³/mol. The number of benzene rings is 2. The van der Waals surface area contributed by atoms with Crippen LogP contribution in [0.4, 0.5) is 10.5 Å². The summed E-state index contributed by atoms with van der Waals surface area (Å²) in [4.78, 5) is 24.8. The van der Waals surface area contributed by atoms with Crippen molar-refractivity contribution in [2.24, 2.45) is 0 Å². The zero-order valence-electron chi connectivity index (χ0n) is 15.5. The van der Waals surface area contributed by atoms with Gasteiger partial charge in [0, 0.05) is 17.7 Å². The van der Waals surface area contributed by atoms with E-state index in [0.29, 0.717) is 17.2 Å². The van der Waals surface area contributed by atoms with Crippen molar-refractivity contribution in [3.8, 4) is 0 Å². The van der Waals surface area contributed by atoms with Crippen LogP contribution < -0.4 is 5.32 Å². The lowest BCUT2D eigenvalue weighted by Gasteiger charge is -2.21. The number of ether oxygens (including phenoxy) is 1. The van der Waals surface area contributed by atoms with Gasteiger partial charge >= 0.3 is 6.09 Å². The fraction of sp³-hybridized carbons (Fsp3) is 0.364. The number of ketones is 1. The molecule has 26 heavy (non-hydrogen) atoms. The number of hydrogen-bond donors (Lipinski definition) is 1. The molecule has 0 heterocycles. The second kappa shape index (κ2) is 7.32. The zero-order chi connectivity index (χ0) is 18.7. The largest absolute Gasteiger partial charge is 0.444 e. The van der Waals surface area contributed by atoms with Gasteiger partial charge in [-0.2, -0.15) is 0 Å². The predicted octanol–water partition coefficient (Wildman–Crippen LogP) is 5.34. The average Bonchev–Trinajstić information content (AvgIpc) is 3.40. The van der Waals surface area contributed by atoms with Crippen LogP contribution in [0, 0.1) is 0 Å². The SMILES string of the molecule is CC(C)(C)OC(=O)Nc1cc(C2CC2)ccc1CC(=O)c1ccccc1. The van der Waals surface area contributed by atoms with Gasteiger partial charge in [-0.1, -0.05) is 42.5 Å². The highest BCUT2D eigenvalue weighted by atomic mass is 16.6. The standard InChI is InChI=1S/C22H25NO3/c1-22(2,3)26-21(25)23-19-13-17(15-9-10-15)11-12-18(19)14-20(24)16-7-5-4-6-8-16/h4-8,11-13,15H,9-10,14H2,1-3H3,(H,23,25).